The fraction of sp³-hybridized carbons (Fsp3) is 0.857. The smallest absolute Gasteiger partial charge is 0.295 e. The van der Waals surface area contributed by atoms with Crippen molar-refractivity contribution in [1.29, 1.82) is 0 Å². The average molecular weight is 287 g/mol. The highest BCUT2D eigenvalue weighted by atomic mass is 35.6. The Balaban J connectivity index is 2.28. The van der Waals surface area contributed by atoms with Gasteiger partial charge in [0, 0.05) is 18.1 Å². The maximum Gasteiger partial charge on any atom is 0.311 e. The van der Waals surface area contributed by atoms with Gasteiger partial charge in [0.15, 0.2) is 0 Å². The summed E-state index contributed by atoms with van der Waals surface area (Å²) in [6.07, 6.45) is 9.92. The van der Waals surface area contributed by atoms with E-state index in [4.69, 9.17) is 11.1 Å². The van der Waals surface area contributed by atoms with E-state index in [1.165, 1.54) is 25.7 Å². The molecule has 2 nitrogen and oxygen atoms in total. The van der Waals surface area contributed by atoms with Crippen molar-refractivity contribution in [2.45, 2.75) is 64.6 Å². The summed E-state index contributed by atoms with van der Waals surface area (Å²) in [6.45, 7) is 8.90. The summed E-state index contributed by atoms with van der Waals surface area (Å²) in [5.41, 5.74) is 0. The zero-order valence-electron chi connectivity index (χ0n) is 12.0. The number of hydrogen-bond donors (Lipinski definition) is 0. The van der Waals surface area contributed by atoms with Crippen LogP contribution in [0.2, 0.25) is 6.04 Å². The molecule has 1 saturated heterocycles. The summed E-state index contributed by atoms with van der Waals surface area (Å²) in [6, 6.07) is 2.54. The molecular weight excluding hydrogens is 260 g/mol. The van der Waals surface area contributed by atoms with E-state index in [1.807, 2.05) is 0 Å². The molecule has 1 heterocycles. The second kappa shape index (κ2) is 6.08. The van der Waals surface area contributed by atoms with Crippen LogP contribution in [-0.4, -0.2) is 42.0 Å². The van der Waals surface area contributed by atoms with Crippen LogP contribution < -0.4 is 0 Å². The van der Waals surface area contributed by atoms with Crippen molar-refractivity contribution in [3.63, 3.8) is 0 Å². The SMILES string of the molecule is C/C=C/C[Si]1(Cl)N(CC)[C@H]2CCCC[C@@H]2N1CC. The number of hydrogen-bond acceptors (Lipinski definition) is 2. The molecule has 104 valence electrons. The van der Waals surface area contributed by atoms with Gasteiger partial charge in [0.25, 0.3) is 0 Å². The second-order valence-electron chi connectivity index (χ2n) is 5.48. The largest absolute Gasteiger partial charge is 0.311 e. The van der Waals surface area contributed by atoms with Crippen LogP contribution in [0.25, 0.3) is 0 Å². The first kappa shape index (κ1) is 14.6. The molecule has 18 heavy (non-hydrogen) atoms. The summed E-state index contributed by atoms with van der Waals surface area (Å²) >= 11 is 7.20. The Kier molecular flexibility index (Phi) is 4.92. The topological polar surface area (TPSA) is 6.48 Å². The summed E-state index contributed by atoms with van der Waals surface area (Å²) in [7, 11) is -1.94. The molecule has 1 aliphatic heterocycles. The minimum absolute atomic E-state index is 0.734. The number of likely N-dealkylation sites (N-methyl/N-ethyl adjacent to an activating group) is 2. The lowest BCUT2D eigenvalue weighted by molar-refractivity contribution is 0.210. The fourth-order valence-corrected chi connectivity index (χ4v) is 9.61. The van der Waals surface area contributed by atoms with Crippen LogP contribution in [0, 0.1) is 0 Å². The van der Waals surface area contributed by atoms with E-state index in [1.54, 1.807) is 0 Å². The molecule has 0 N–H and O–H groups in total. The molecule has 0 aromatic carbocycles. The molecule has 4 heteroatoms. The quantitative estimate of drug-likeness (QED) is 0.442. The van der Waals surface area contributed by atoms with Crippen molar-refractivity contribution in [3.8, 4) is 0 Å². The normalized spacial score (nSPS) is 33.1. The first-order valence-corrected chi connectivity index (χ1v) is 10.6. The number of rotatable bonds is 4. The zero-order valence-corrected chi connectivity index (χ0v) is 13.8. The van der Waals surface area contributed by atoms with Gasteiger partial charge in [0.2, 0.25) is 0 Å². The third kappa shape index (κ3) is 2.31. The van der Waals surface area contributed by atoms with Gasteiger partial charge in [-0.1, -0.05) is 38.8 Å². The van der Waals surface area contributed by atoms with Crippen molar-refractivity contribution in [2.75, 3.05) is 13.1 Å². The molecule has 0 amide bonds. The van der Waals surface area contributed by atoms with Crippen molar-refractivity contribution in [2.24, 2.45) is 0 Å². The van der Waals surface area contributed by atoms with Crippen LogP contribution in [0.1, 0.15) is 46.5 Å². The van der Waals surface area contributed by atoms with Gasteiger partial charge in [-0.3, -0.25) is 9.13 Å². The van der Waals surface area contributed by atoms with E-state index in [-0.39, 0.29) is 0 Å². The maximum absolute atomic E-state index is 7.20. The molecule has 2 aliphatic rings. The first-order valence-electron chi connectivity index (χ1n) is 7.52. The summed E-state index contributed by atoms with van der Waals surface area (Å²) in [5.74, 6) is 0. The van der Waals surface area contributed by atoms with E-state index < -0.39 is 7.71 Å². The van der Waals surface area contributed by atoms with Crippen molar-refractivity contribution < 1.29 is 0 Å². The second-order valence-corrected chi connectivity index (χ2v) is 10.3. The Morgan fingerprint density at radius 3 is 2.00 bits per heavy atom. The van der Waals surface area contributed by atoms with Crippen molar-refractivity contribution in [1.82, 2.24) is 9.13 Å². The number of halogens is 1. The van der Waals surface area contributed by atoms with Gasteiger partial charge in [-0.05, 0) is 32.9 Å². The van der Waals surface area contributed by atoms with E-state index >= 15 is 0 Å². The maximum atomic E-state index is 7.20. The van der Waals surface area contributed by atoms with Crippen LogP contribution >= 0.6 is 11.1 Å². The van der Waals surface area contributed by atoms with Gasteiger partial charge in [-0.2, -0.15) is 0 Å². The minimum Gasteiger partial charge on any atom is -0.295 e. The lowest BCUT2D eigenvalue weighted by atomic mass is 9.90. The Labute approximate surface area is 118 Å². The Morgan fingerprint density at radius 2 is 1.61 bits per heavy atom. The van der Waals surface area contributed by atoms with Crippen LogP contribution in [0.15, 0.2) is 12.2 Å². The van der Waals surface area contributed by atoms with Gasteiger partial charge in [-0.15, -0.1) is 11.1 Å². The number of nitrogens with zero attached hydrogens (tertiary/aromatic N) is 2. The molecule has 2 atom stereocenters. The molecule has 0 bridgehead atoms. The number of fused-ring (bicyclic) bond motifs is 1. The van der Waals surface area contributed by atoms with Crippen molar-refractivity contribution >= 4 is 18.8 Å². The molecule has 0 aromatic heterocycles. The molecule has 0 aromatic rings. The van der Waals surface area contributed by atoms with Gasteiger partial charge in [0.1, 0.15) is 0 Å². The van der Waals surface area contributed by atoms with E-state index in [0.717, 1.165) is 31.2 Å². The van der Waals surface area contributed by atoms with Gasteiger partial charge in [-0.25, -0.2) is 0 Å². The lowest BCUT2D eigenvalue weighted by Gasteiger charge is -2.35. The van der Waals surface area contributed by atoms with Crippen LogP contribution in [0.3, 0.4) is 0 Å². The molecule has 2 rings (SSSR count). The van der Waals surface area contributed by atoms with Crippen LogP contribution in [0.4, 0.5) is 0 Å². The van der Waals surface area contributed by atoms with E-state index in [9.17, 15) is 0 Å². The Morgan fingerprint density at radius 1 is 1.11 bits per heavy atom. The summed E-state index contributed by atoms with van der Waals surface area (Å²) < 4.78 is 5.36. The van der Waals surface area contributed by atoms with Gasteiger partial charge < -0.3 is 0 Å². The third-order valence-corrected chi connectivity index (χ3v) is 10.2. The highest BCUT2D eigenvalue weighted by molar-refractivity contribution is 7.17. The molecule has 0 unspecified atom stereocenters. The third-order valence-electron chi connectivity index (χ3n) is 4.67. The standard InChI is InChI=1S/C14H27ClN2Si/c1-4-7-12-18(15)16(5-2)13-10-8-9-11-14(13)17(18)6-3/h4,7,13-14H,5-6,8-12H2,1-3H3/b7-4+/t13-,14-/m0/s1. The molecule has 0 radical (unpaired) electrons. The predicted octanol–water partition coefficient (Wildman–Crippen LogP) is 3.71. The van der Waals surface area contributed by atoms with Gasteiger partial charge in [0.05, 0.1) is 0 Å². The molecule has 1 saturated carbocycles. The summed E-state index contributed by atoms with van der Waals surface area (Å²) in [4.78, 5) is 0. The van der Waals surface area contributed by atoms with Gasteiger partial charge >= 0.3 is 7.71 Å². The molecule has 0 spiro atoms. The first-order chi connectivity index (χ1) is 8.69. The van der Waals surface area contributed by atoms with Crippen molar-refractivity contribution in [3.05, 3.63) is 12.2 Å². The zero-order chi connectivity index (χ0) is 13.2. The van der Waals surface area contributed by atoms with E-state index in [0.29, 0.717) is 0 Å². The van der Waals surface area contributed by atoms with Crippen LogP contribution in [0.5, 0.6) is 0 Å². The fourth-order valence-electron chi connectivity index (χ4n) is 3.95. The molecule has 1 aliphatic carbocycles. The number of allylic oxidation sites excluding steroid dienone is 2. The Bertz CT molecular complexity index is 288. The Hall–Kier alpha value is 0.167. The average Bonchev–Trinajstić information content (AvgIpc) is 2.64. The summed E-state index contributed by atoms with van der Waals surface area (Å²) in [5, 5.41) is 0. The lowest BCUT2D eigenvalue weighted by Crippen LogP contribution is -2.55. The highest BCUT2D eigenvalue weighted by Gasteiger charge is 2.57. The predicted molar refractivity (Wildman–Crippen MR) is 82.0 cm³/mol. The monoisotopic (exact) mass is 286 g/mol. The molecule has 2 fully saturated rings. The highest BCUT2D eigenvalue weighted by Crippen LogP contribution is 2.43. The van der Waals surface area contributed by atoms with Crippen LogP contribution in [-0.2, 0) is 0 Å². The minimum atomic E-state index is -1.94. The molecular formula is C14H27ClN2Si. The van der Waals surface area contributed by atoms with E-state index in [2.05, 4.69) is 42.1 Å².